The van der Waals surface area contributed by atoms with Crippen molar-refractivity contribution >= 4 is 0 Å². The third kappa shape index (κ3) is 3.57. The number of aromatic nitrogens is 1. The molecule has 0 bridgehead atoms. The molecule has 1 aromatic heterocycles. The largest absolute Gasteiger partial charge is 0.442 e. The Hall–Kier alpha value is -0.870. The van der Waals surface area contributed by atoms with Crippen LogP contribution in [0.4, 0.5) is 0 Å². The molecule has 0 spiro atoms. The lowest BCUT2D eigenvalue weighted by atomic mass is 10.5. The van der Waals surface area contributed by atoms with Gasteiger partial charge in [0.15, 0.2) is 0 Å². The molecule has 74 valence electrons. The van der Waals surface area contributed by atoms with Crippen molar-refractivity contribution in [1.82, 2.24) is 10.3 Å². The molecule has 0 saturated carbocycles. The lowest BCUT2D eigenvalue weighted by molar-refractivity contribution is 0.106. The van der Waals surface area contributed by atoms with Crippen molar-refractivity contribution in [3.63, 3.8) is 0 Å². The van der Waals surface area contributed by atoms with Crippen LogP contribution in [-0.4, -0.2) is 18.6 Å². The number of nitrogens with one attached hydrogen (secondary N) is 1. The first-order valence-electron chi connectivity index (χ1n) is 4.52. The Labute approximate surface area is 78.3 Å². The summed E-state index contributed by atoms with van der Waals surface area (Å²) in [4.78, 5) is 4.08. The van der Waals surface area contributed by atoms with Gasteiger partial charge in [-0.2, -0.15) is 0 Å². The van der Waals surface area contributed by atoms with Crippen molar-refractivity contribution in [3.8, 4) is 0 Å². The summed E-state index contributed by atoms with van der Waals surface area (Å²) in [6.45, 7) is 4.02. The van der Waals surface area contributed by atoms with E-state index < -0.39 is 0 Å². The molecule has 13 heavy (non-hydrogen) atoms. The minimum absolute atomic E-state index is 0.518. The SMILES string of the molecule is CCCOCc1cnc(CNC)o1. The highest BCUT2D eigenvalue weighted by atomic mass is 16.5. The number of nitrogens with zero attached hydrogens (tertiary/aromatic N) is 1. The number of hydrogen-bond acceptors (Lipinski definition) is 4. The fraction of sp³-hybridized carbons (Fsp3) is 0.667. The van der Waals surface area contributed by atoms with E-state index in [0.717, 1.165) is 18.8 Å². The van der Waals surface area contributed by atoms with Gasteiger partial charge in [-0.1, -0.05) is 6.92 Å². The zero-order valence-electron chi connectivity index (χ0n) is 8.17. The molecule has 1 N–H and O–H groups in total. The third-order valence-corrected chi connectivity index (χ3v) is 1.52. The maximum Gasteiger partial charge on any atom is 0.208 e. The van der Waals surface area contributed by atoms with E-state index in [4.69, 9.17) is 9.15 Å². The van der Waals surface area contributed by atoms with E-state index in [2.05, 4.69) is 17.2 Å². The van der Waals surface area contributed by atoms with Crippen LogP contribution in [-0.2, 0) is 17.9 Å². The molecule has 0 aliphatic heterocycles. The highest BCUT2D eigenvalue weighted by Crippen LogP contribution is 2.04. The number of ether oxygens (including phenoxy) is 1. The van der Waals surface area contributed by atoms with Crippen LogP contribution >= 0.6 is 0 Å². The van der Waals surface area contributed by atoms with Crippen LogP contribution in [0, 0.1) is 0 Å². The van der Waals surface area contributed by atoms with Gasteiger partial charge in [0.25, 0.3) is 0 Å². The Morgan fingerprint density at radius 3 is 3.15 bits per heavy atom. The van der Waals surface area contributed by atoms with E-state index in [1.807, 2.05) is 7.05 Å². The van der Waals surface area contributed by atoms with Crippen molar-refractivity contribution in [1.29, 1.82) is 0 Å². The van der Waals surface area contributed by atoms with Crippen molar-refractivity contribution in [2.24, 2.45) is 0 Å². The standard InChI is InChI=1S/C9H16N2O2/c1-3-4-12-7-8-5-11-9(13-8)6-10-2/h5,10H,3-4,6-7H2,1-2H3. The molecule has 0 aliphatic rings. The van der Waals surface area contributed by atoms with E-state index in [1.54, 1.807) is 6.20 Å². The maximum absolute atomic E-state index is 5.37. The maximum atomic E-state index is 5.37. The van der Waals surface area contributed by atoms with Gasteiger partial charge in [0.2, 0.25) is 5.89 Å². The summed E-state index contributed by atoms with van der Waals surface area (Å²) in [5.41, 5.74) is 0. The van der Waals surface area contributed by atoms with Crippen LogP contribution in [0.1, 0.15) is 25.0 Å². The summed E-state index contributed by atoms with van der Waals surface area (Å²) in [5.74, 6) is 1.50. The smallest absolute Gasteiger partial charge is 0.208 e. The first-order chi connectivity index (χ1) is 6.36. The first-order valence-corrected chi connectivity index (χ1v) is 4.52. The Kier molecular flexibility index (Phi) is 4.49. The quantitative estimate of drug-likeness (QED) is 0.677. The lowest BCUT2D eigenvalue weighted by Gasteiger charge is -1.97. The van der Waals surface area contributed by atoms with Gasteiger partial charge in [-0.3, -0.25) is 0 Å². The Balaban J connectivity index is 2.31. The number of hydrogen-bond donors (Lipinski definition) is 1. The highest BCUT2D eigenvalue weighted by molar-refractivity contribution is 4.92. The van der Waals surface area contributed by atoms with Crippen molar-refractivity contribution < 1.29 is 9.15 Å². The number of rotatable bonds is 6. The van der Waals surface area contributed by atoms with E-state index in [1.165, 1.54) is 0 Å². The monoisotopic (exact) mass is 184 g/mol. The average molecular weight is 184 g/mol. The summed E-state index contributed by atoms with van der Waals surface area (Å²) >= 11 is 0. The summed E-state index contributed by atoms with van der Waals surface area (Å²) in [6.07, 6.45) is 2.74. The molecule has 0 radical (unpaired) electrons. The van der Waals surface area contributed by atoms with Crippen LogP contribution in [0.25, 0.3) is 0 Å². The van der Waals surface area contributed by atoms with E-state index in [9.17, 15) is 0 Å². The van der Waals surface area contributed by atoms with Gasteiger partial charge < -0.3 is 14.5 Å². The highest BCUT2D eigenvalue weighted by Gasteiger charge is 2.01. The second kappa shape index (κ2) is 5.72. The van der Waals surface area contributed by atoms with Crippen LogP contribution < -0.4 is 5.32 Å². The molecule has 0 aromatic carbocycles. The molecule has 0 saturated heterocycles. The Morgan fingerprint density at radius 1 is 1.62 bits per heavy atom. The predicted molar refractivity (Wildman–Crippen MR) is 49.2 cm³/mol. The summed E-state index contributed by atoms with van der Waals surface area (Å²) in [5, 5.41) is 2.97. The minimum Gasteiger partial charge on any atom is -0.442 e. The van der Waals surface area contributed by atoms with Crippen LogP contribution in [0.3, 0.4) is 0 Å². The van der Waals surface area contributed by atoms with E-state index in [0.29, 0.717) is 19.0 Å². The molecule has 1 rings (SSSR count). The van der Waals surface area contributed by atoms with Crippen LogP contribution in [0.2, 0.25) is 0 Å². The zero-order valence-corrected chi connectivity index (χ0v) is 8.17. The molecule has 0 unspecified atom stereocenters. The molecule has 0 atom stereocenters. The van der Waals surface area contributed by atoms with Gasteiger partial charge >= 0.3 is 0 Å². The number of oxazole rings is 1. The normalized spacial score (nSPS) is 10.6. The molecule has 4 heteroatoms. The second-order valence-corrected chi connectivity index (χ2v) is 2.80. The summed E-state index contributed by atoms with van der Waals surface area (Å²) in [6, 6.07) is 0. The van der Waals surface area contributed by atoms with Gasteiger partial charge in [0.1, 0.15) is 12.4 Å². The van der Waals surface area contributed by atoms with Gasteiger partial charge in [0, 0.05) is 6.61 Å². The molecule has 1 heterocycles. The Morgan fingerprint density at radius 2 is 2.46 bits per heavy atom. The third-order valence-electron chi connectivity index (χ3n) is 1.52. The molecule has 0 aliphatic carbocycles. The topological polar surface area (TPSA) is 47.3 Å². The minimum atomic E-state index is 0.518. The van der Waals surface area contributed by atoms with E-state index >= 15 is 0 Å². The van der Waals surface area contributed by atoms with Crippen molar-refractivity contribution in [2.75, 3.05) is 13.7 Å². The molecule has 4 nitrogen and oxygen atoms in total. The zero-order chi connectivity index (χ0) is 9.52. The summed E-state index contributed by atoms with van der Waals surface area (Å²) in [7, 11) is 1.86. The van der Waals surface area contributed by atoms with Gasteiger partial charge in [0.05, 0.1) is 12.7 Å². The first kappa shape index (κ1) is 10.2. The molecule has 0 amide bonds. The molecular weight excluding hydrogens is 168 g/mol. The Bertz CT molecular complexity index is 235. The fourth-order valence-electron chi connectivity index (χ4n) is 0.965. The van der Waals surface area contributed by atoms with Gasteiger partial charge in [-0.25, -0.2) is 4.98 Å². The molecule has 1 aromatic rings. The second-order valence-electron chi connectivity index (χ2n) is 2.80. The molecular formula is C9H16N2O2. The van der Waals surface area contributed by atoms with Gasteiger partial charge in [-0.05, 0) is 13.5 Å². The molecule has 0 fully saturated rings. The van der Waals surface area contributed by atoms with Gasteiger partial charge in [-0.15, -0.1) is 0 Å². The fourth-order valence-corrected chi connectivity index (χ4v) is 0.965. The van der Waals surface area contributed by atoms with Crippen molar-refractivity contribution in [2.45, 2.75) is 26.5 Å². The summed E-state index contributed by atoms with van der Waals surface area (Å²) < 4.78 is 10.7. The van der Waals surface area contributed by atoms with Crippen molar-refractivity contribution in [3.05, 3.63) is 17.8 Å². The average Bonchev–Trinajstić information content (AvgIpc) is 2.54. The van der Waals surface area contributed by atoms with Crippen LogP contribution in [0.5, 0.6) is 0 Å². The lowest BCUT2D eigenvalue weighted by Crippen LogP contribution is -2.04. The van der Waals surface area contributed by atoms with Crippen LogP contribution in [0.15, 0.2) is 10.6 Å². The predicted octanol–water partition coefficient (Wildman–Crippen LogP) is 1.32. The van der Waals surface area contributed by atoms with E-state index in [-0.39, 0.29) is 0 Å².